The summed E-state index contributed by atoms with van der Waals surface area (Å²) in [6, 6.07) is 7.36. The van der Waals surface area contributed by atoms with Crippen molar-refractivity contribution < 1.29 is 22.7 Å². The van der Waals surface area contributed by atoms with Gasteiger partial charge in [0.25, 0.3) is 0 Å². The highest BCUT2D eigenvalue weighted by Crippen LogP contribution is 2.41. The summed E-state index contributed by atoms with van der Waals surface area (Å²) < 4.78 is 43.0. The topological polar surface area (TPSA) is 50.1 Å². The number of alkyl halides is 3. The van der Waals surface area contributed by atoms with Crippen molar-refractivity contribution in [1.29, 1.82) is 5.26 Å². The highest BCUT2D eigenvalue weighted by atomic mass is 19.4. The molecule has 0 aliphatic heterocycles. The summed E-state index contributed by atoms with van der Waals surface area (Å²) in [5.74, 6) is -1.17. The van der Waals surface area contributed by atoms with Crippen molar-refractivity contribution in [3.8, 4) is 6.07 Å². The number of hydrogen-bond donors (Lipinski definition) is 0. The van der Waals surface area contributed by atoms with Gasteiger partial charge in [0.15, 0.2) is 0 Å². The van der Waals surface area contributed by atoms with Crippen LogP contribution in [0.15, 0.2) is 30.3 Å². The number of halogens is 3. The first-order valence-corrected chi connectivity index (χ1v) is 4.56. The Bertz CT molecular complexity index is 450. The van der Waals surface area contributed by atoms with E-state index < -0.39 is 23.3 Å². The van der Waals surface area contributed by atoms with Gasteiger partial charge in [0.2, 0.25) is 0 Å². The van der Waals surface area contributed by atoms with E-state index in [2.05, 4.69) is 4.74 Å². The molecule has 0 spiro atoms. The summed E-state index contributed by atoms with van der Waals surface area (Å²) in [5, 5.41) is 8.77. The molecule has 0 heterocycles. The number of nitriles is 1. The van der Waals surface area contributed by atoms with Crippen molar-refractivity contribution in [1.82, 2.24) is 0 Å². The van der Waals surface area contributed by atoms with E-state index in [0.29, 0.717) is 0 Å². The van der Waals surface area contributed by atoms with Crippen LogP contribution in [-0.2, 0) is 15.1 Å². The number of carbonyl (C=O) groups excluding carboxylic acids is 1. The van der Waals surface area contributed by atoms with Crippen molar-refractivity contribution in [3.63, 3.8) is 0 Å². The largest absolute Gasteiger partial charge is 0.447 e. The Hall–Kier alpha value is -2.03. The first kappa shape index (κ1) is 13.0. The number of ether oxygens (including phenoxy) is 1. The number of rotatable bonds is 2. The van der Waals surface area contributed by atoms with Crippen LogP contribution >= 0.6 is 0 Å². The third-order valence-electron chi connectivity index (χ3n) is 2.03. The van der Waals surface area contributed by atoms with Crippen molar-refractivity contribution in [2.75, 3.05) is 0 Å². The third-order valence-corrected chi connectivity index (χ3v) is 2.03. The van der Waals surface area contributed by atoms with E-state index >= 15 is 0 Å². The van der Waals surface area contributed by atoms with Gasteiger partial charge in [-0.1, -0.05) is 30.3 Å². The number of hydrogen-bond acceptors (Lipinski definition) is 3. The molecule has 90 valence electrons. The Morgan fingerprint density at radius 1 is 1.29 bits per heavy atom. The standard InChI is InChI=1S/C11H8F3NO2/c1-8(16)17-10(7-15,11(12,13)14)9-5-3-2-4-6-9/h2-6H,1H3. The molecular weight excluding hydrogens is 235 g/mol. The maximum Gasteiger partial charge on any atom is 0.447 e. The van der Waals surface area contributed by atoms with Gasteiger partial charge in [0.1, 0.15) is 6.07 Å². The molecule has 0 aromatic heterocycles. The minimum absolute atomic E-state index is 0.426. The molecule has 0 N–H and O–H groups in total. The molecular formula is C11H8F3NO2. The molecule has 3 nitrogen and oxygen atoms in total. The van der Waals surface area contributed by atoms with Crippen molar-refractivity contribution in [3.05, 3.63) is 35.9 Å². The van der Waals surface area contributed by atoms with Crippen LogP contribution in [0.2, 0.25) is 0 Å². The van der Waals surface area contributed by atoms with Gasteiger partial charge < -0.3 is 4.74 Å². The smallest absolute Gasteiger partial charge is 0.429 e. The normalized spacial score (nSPS) is 14.5. The van der Waals surface area contributed by atoms with Gasteiger partial charge in [-0.25, -0.2) is 0 Å². The number of nitrogens with zero attached hydrogens (tertiary/aromatic N) is 1. The molecule has 1 atom stereocenters. The zero-order valence-electron chi connectivity index (χ0n) is 8.78. The fraction of sp³-hybridized carbons (Fsp3) is 0.273. The lowest BCUT2D eigenvalue weighted by Gasteiger charge is -2.28. The summed E-state index contributed by atoms with van der Waals surface area (Å²) in [6.45, 7) is 0.820. The maximum absolute atomic E-state index is 12.9. The van der Waals surface area contributed by atoms with Crippen LogP contribution in [0.3, 0.4) is 0 Å². The first-order chi connectivity index (χ1) is 7.83. The average Bonchev–Trinajstić information content (AvgIpc) is 2.25. The Kier molecular flexibility index (Phi) is 3.42. The van der Waals surface area contributed by atoms with Crippen LogP contribution in [-0.4, -0.2) is 12.1 Å². The molecule has 1 aromatic carbocycles. The Balaban J connectivity index is 3.38. The molecule has 17 heavy (non-hydrogen) atoms. The Morgan fingerprint density at radius 2 is 1.82 bits per heavy atom. The number of esters is 1. The van der Waals surface area contributed by atoms with Crippen molar-refractivity contribution in [2.24, 2.45) is 0 Å². The number of carbonyl (C=O) groups is 1. The minimum Gasteiger partial charge on any atom is -0.429 e. The third kappa shape index (κ3) is 2.38. The van der Waals surface area contributed by atoms with E-state index in [1.54, 1.807) is 0 Å². The molecule has 1 rings (SSSR count). The molecule has 0 fully saturated rings. The molecule has 0 aliphatic rings. The highest BCUT2D eigenvalue weighted by Gasteiger charge is 2.60. The monoisotopic (exact) mass is 243 g/mol. The van der Waals surface area contributed by atoms with Gasteiger partial charge in [-0.15, -0.1) is 0 Å². The highest BCUT2D eigenvalue weighted by molar-refractivity contribution is 5.67. The van der Waals surface area contributed by atoms with Crippen LogP contribution in [0.5, 0.6) is 0 Å². The van der Waals surface area contributed by atoms with Crippen LogP contribution < -0.4 is 0 Å². The minimum atomic E-state index is -5.01. The maximum atomic E-state index is 12.9. The van der Waals surface area contributed by atoms with Crippen LogP contribution in [0, 0.1) is 11.3 Å². The fourth-order valence-corrected chi connectivity index (χ4v) is 1.32. The Labute approximate surface area is 95.4 Å². The molecule has 0 amide bonds. The molecule has 1 unspecified atom stereocenters. The summed E-state index contributed by atoms with van der Waals surface area (Å²) in [5.41, 5.74) is -3.68. The fourth-order valence-electron chi connectivity index (χ4n) is 1.32. The van der Waals surface area contributed by atoms with Gasteiger partial charge in [-0.05, 0) is 0 Å². The Morgan fingerprint density at radius 3 is 2.18 bits per heavy atom. The predicted octanol–water partition coefficient (Wildman–Crippen LogP) is 2.53. The summed E-state index contributed by atoms with van der Waals surface area (Å²) >= 11 is 0. The van der Waals surface area contributed by atoms with Gasteiger partial charge in [-0.3, -0.25) is 4.79 Å². The SMILES string of the molecule is CC(=O)OC(C#N)(c1ccccc1)C(F)(F)F. The van der Waals surface area contributed by atoms with E-state index in [-0.39, 0.29) is 0 Å². The molecule has 0 saturated carbocycles. The van der Waals surface area contributed by atoms with E-state index in [1.165, 1.54) is 18.2 Å². The second-order valence-electron chi connectivity index (χ2n) is 3.25. The van der Waals surface area contributed by atoms with Crippen molar-refractivity contribution in [2.45, 2.75) is 18.7 Å². The van der Waals surface area contributed by atoms with Gasteiger partial charge >= 0.3 is 17.7 Å². The molecule has 6 heteroatoms. The zero-order chi connectivity index (χ0) is 13.1. The lowest BCUT2D eigenvalue weighted by Crippen LogP contribution is -2.44. The lowest BCUT2D eigenvalue weighted by atomic mass is 9.94. The molecule has 1 aromatic rings. The van der Waals surface area contributed by atoms with E-state index in [4.69, 9.17) is 5.26 Å². The van der Waals surface area contributed by atoms with E-state index in [0.717, 1.165) is 25.1 Å². The van der Waals surface area contributed by atoms with Crippen LogP contribution in [0.25, 0.3) is 0 Å². The van der Waals surface area contributed by atoms with Crippen LogP contribution in [0.4, 0.5) is 13.2 Å². The van der Waals surface area contributed by atoms with Gasteiger partial charge in [0.05, 0.1) is 0 Å². The zero-order valence-corrected chi connectivity index (χ0v) is 8.78. The van der Waals surface area contributed by atoms with E-state index in [1.807, 2.05) is 0 Å². The van der Waals surface area contributed by atoms with E-state index in [9.17, 15) is 18.0 Å². The van der Waals surface area contributed by atoms with Crippen LogP contribution in [0.1, 0.15) is 12.5 Å². The lowest BCUT2D eigenvalue weighted by molar-refractivity contribution is -0.253. The average molecular weight is 243 g/mol. The quantitative estimate of drug-likeness (QED) is 0.750. The number of benzene rings is 1. The summed E-state index contributed by atoms with van der Waals surface area (Å²) in [6.07, 6.45) is -5.01. The summed E-state index contributed by atoms with van der Waals surface area (Å²) in [4.78, 5) is 10.8. The molecule has 0 radical (unpaired) electrons. The van der Waals surface area contributed by atoms with Crippen molar-refractivity contribution >= 4 is 5.97 Å². The second-order valence-corrected chi connectivity index (χ2v) is 3.25. The predicted molar refractivity (Wildman–Crippen MR) is 51.6 cm³/mol. The molecule has 0 bridgehead atoms. The first-order valence-electron chi connectivity index (χ1n) is 4.56. The second kappa shape index (κ2) is 4.45. The van der Waals surface area contributed by atoms with Gasteiger partial charge in [0, 0.05) is 12.5 Å². The summed E-state index contributed by atoms with van der Waals surface area (Å²) in [7, 11) is 0. The molecule has 0 saturated heterocycles. The van der Waals surface area contributed by atoms with Gasteiger partial charge in [-0.2, -0.15) is 18.4 Å². The molecule has 0 aliphatic carbocycles.